The van der Waals surface area contributed by atoms with Gasteiger partial charge in [-0.1, -0.05) is 0 Å². The zero-order valence-electron chi connectivity index (χ0n) is 14.1. The Kier molecular flexibility index (Phi) is 5.57. The van der Waals surface area contributed by atoms with E-state index in [1.54, 1.807) is 0 Å². The van der Waals surface area contributed by atoms with Crippen LogP contribution in [-0.2, 0) is 15.8 Å². The van der Waals surface area contributed by atoms with Crippen LogP contribution in [0.25, 0.3) is 10.9 Å². The molecule has 0 radical (unpaired) electrons. The highest BCUT2D eigenvalue weighted by atomic mass is 19.4. The second kappa shape index (κ2) is 7.51. The van der Waals surface area contributed by atoms with Gasteiger partial charge in [-0.05, 0) is 6.07 Å². The third kappa shape index (κ3) is 4.46. The van der Waals surface area contributed by atoms with Crippen LogP contribution in [0.5, 0.6) is 11.5 Å². The molecule has 12 heteroatoms. The van der Waals surface area contributed by atoms with Gasteiger partial charge in [0.15, 0.2) is 11.5 Å². The number of hydrogen-bond acceptors (Lipinski definition) is 7. The summed E-state index contributed by atoms with van der Waals surface area (Å²) in [5.41, 5.74) is 4.82. The summed E-state index contributed by atoms with van der Waals surface area (Å²) in [4.78, 5) is 29.2. The Labute approximate surface area is 150 Å². The van der Waals surface area contributed by atoms with E-state index in [1.807, 2.05) is 0 Å². The van der Waals surface area contributed by atoms with Crippen LogP contribution < -0.4 is 20.5 Å². The lowest BCUT2D eigenvalue weighted by Crippen LogP contribution is -2.34. The molecule has 0 aliphatic heterocycles. The van der Waals surface area contributed by atoms with Gasteiger partial charge >= 0.3 is 12.1 Å². The smallest absolute Gasteiger partial charge is 0.451 e. The van der Waals surface area contributed by atoms with Crippen LogP contribution in [0.3, 0.4) is 0 Å². The molecule has 0 saturated carbocycles. The fourth-order valence-electron chi connectivity index (χ4n) is 2.26. The summed E-state index contributed by atoms with van der Waals surface area (Å²) in [6.45, 7) is 0. The minimum Gasteiger partial charge on any atom is -0.493 e. The maximum atomic E-state index is 13.1. The first-order valence-electron chi connectivity index (χ1n) is 7.35. The molecular weight excluding hydrogens is 373 g/mol. The predicted molar refractivity (Wildman–Crippen MR) is 86.5 cm³/mol. The van der Waals surface area contributed by atoms with Crippen LogP contribution in [0, 0.1) is 0 Å². The molecule has 4 N–H and O–H groups in total. The van der Waals surface area contributed by atoms with Crippen LogP contribution in [0.4, 0.5) is 19.0 Å². The zero-order valence-corrected chi connectivity index (χ0v) is 14.1. The van der Waals surface area contributed by atoms with Crippen molar-refractivity contribution in [3.8, 4) is 11.5 Å². The van der Waals surface area contributed by atoms with Gasteiger partial charge in [0, 0.05) is 11.5 Å². The number of carbonyl (C=O) groups excluding carboxylic acids is 1. The number of carboxylic acids is 1. The molecule has 1 aromatic heterocycles. The Morgan fingerprint density at radius 3 is 2.30 bits per heavy atom. The maximum absolute atomic E-state index is 13.1. The molecule has 0 bridgehead atoms. The first-order valence-corrected chi connectivity index (χ1v) is 7.35. The number of nitrogens with two attached hydrogens (primary N) is 1. The number of anilines is 1. The van der Waals surface area contributed by atoms with Crippen molar-refractivity contribution in [2.24, 2.45) is 5.73 Å². The Morgan fingerprint density at radius 2 is 1.81 bits per heavy atom. The number of carbonyl (C=O) groups is 2. The second-order valence-electron chi connectivity index (χ2n) is 5.32. The maximum Gasteiger partial charge on any atom is 0.451 e. The number of primary amides is 1. The second-order valence-corrected chi connectivity index (χ2v) is 5.32. The Hall–Kier alpha value is -3.31. The van der Waals surface area contributed by atoms with Crippen molar-refractivity contribution in [2.75, 3.05) is 19.5 Å². The molecule has 1 amide bonds. The van der Waals surface area contributed by atoms with Gasteiger partial charge in [0.2, 0.25) is 11.7 Å². The molecule has 2 aromatic rings. The summed E-state index contributed by atoms with van der Waals surface area (Å²) >= 11 is 0. The molecule has 2 rings (SSSR count). The molecule has 146 valence electrons. The van der Waals surface area contributed by atoms with Crippen molar-refractivity contribution in [1.29, 1.82) is 0 Å². The number of aromatic nitrogens is 2. The molecule has 27 heavy (non-hydrogen) atoms. The highest BCUT2D eigenvalue weighted by Gasteiger charge is 2.36. The lowest BCUT2D eigenvalue weighted by molar-refractivity contribution is -0.144. The van der Waals surface area contributed by atoms with Crippen molar-refractivity contribution in [3.63, 3.8) is 0 Å². The fraction of sp³-hybridized carbons (Fsp3) is 0.333. The van der Waals surface area contributed by atoms with Crippen LogP contribution in [0.1, 0.15) is 12.2 Å². The van der Waals surface area contributed by atoms with E-state index in [9.17, 15) is 27.9 Å². The molecule has 0 spiro atoms. The summed E-state index contributed by atoms with van der Waals surface area (Å²) in [6.07, 6.45) is -5.55. The Bertz CT molecular complexity index is 888. The minimum absolute atomic E-state index is 0.0383. The number of carboxylic acid groups (broad SMARTS) is 1. The number of amides is 1. The highest BCUT2D eigenvalue weighted by Crippen LogP contribution is 2.36. The lowest BCUT2D eigenvalue weighted by atomic mass is 10.1. The van der Waals surface area contributed by atoms with E-state index in [1.165, 1.54) is 26.4 Å². The van der Waals surface area contributed by atoms with Crippen molar-refractivity contribution in [2.45, 2.75) is 18.6 Å². The number of nitrogens with zero attached hydrogens (tertiary/aromatic N) is 2. The largest absolute Gasteiger partial charge is 0.493 e. The first-order chi connectivity index (χ1) is 12.6. The minimum atomic E-state index is -4.89. The summed E-state index contributed by atoms with van der Waals surface area (Å²) in [5.74, 6) is -4.10. The van der Waals surface area contributed by atoms with Crippen LogP contribution in [0.2, 0.25) is 0 Å². The average Bonchev–Trinajstić information content (AvgIpc) is 2.58. The van der Waals surface area contributed by atoms with Crippen LogP contribution >= 0.6 is 0 Å². The lowest BCUT2D eigenvalue weighted by Gasteiger charge is -2.17. The topological polar surface area (TPSA) is 137 Å². The summed E-state index contributed by atoms with van der Waals surface area (Å²) in [6, 6.07) is 0.898. The average molecular weight is 388 g/mol. The number of halogens is 3. The van der Waals surface area contributed by atoms with Gasteiger partial charge in [0.05, 0.1) is 26.2 Å². The first kappa shape index (κ1) is 20.0. The number of hydrogen-bond donors (Lipinski definition) is 3. The quantitative estimate of drug-likeness (QED) is 0.648. The van der Waals surface area contributed by atoms with Gasteiger partial charge in [0.25, 0.3) is 0 Å². The number of ether oxygens (including phenoxy) is 2. The molecule has 1 heterocycles. The van der Waals surface area contributed by atoms with E-state index in [0.717, 1.165) is 0 Å². The van der Waals surface area contributed by atoms with Crippen molar-refractivity contribution in [3.05, 3.63) is 18.0 Å². The molecule has 0 aliphatic rings. The molecule has 0 fully saturated rings. The molecule has 0 saturated heterocycles. The third-order valence-electron chi connectivity index (χ3n) is 3.47. The van der Waals surface area contributed by atoms with E-state index < -0.39 is 42.2 Å². The molecule has 0 aliphatic carbocycles. The molecule has 1 atom stereocenters. The van der Waals surface area contributed by atoms with E-state index >= 15 is 0 Å². The van der Waals surface area contributed by atoms with Gasteiger partial charge < -0.3 is 25.6 Å². The molecule has 1 unspecified atom stereocenters. The number of benzene rings is 1. The van der Waals surface area contributed by atoms with Crippen molar-refractivity contribution >= 4 is 28.6 Å². The van der Waals surface area contributed by atoms with E-state index in [0.29, 0.717) is 0 Å². The SMILES string of the molecule is COc1cc2nc(C(F)(F)F)nc(NC(CC(N)=O)C(=O)O)c2cc1OC. The Balaban J connectivity index is 2.69. The van der Waals surface area contributed by atoms with E-state index in [4.69, 9.17) is 15.2 Å². The summed E-state index contributed by atoms with van der Waals surface area (Å²) < 4.78 is 49.5. The number of alkyl halides is 3. The monoisotopic (exact) mass is 388 g/mol. The van der Waals surface area contributed by atoms with Gasteiger partial charge in [0.1, 0.15) is 11.9 Å². The van der Waals surface area contributed by atoms with Crippen LogP contribution in [0.15, 0.2) is 12.1 Å². The van der Waals surface area contributed by atoms with Crippen molar-refractivity contribution < 1.29 is 37.3 Å². The van der Waals surface area contributed by atoms with Gasteiger partial charge in [-0.25, -0.2) is 14.8 Å². The summed E-state index contributed by atoms with van der Waals surface area (Å²) in [7, 11) is 2.61. The number of aliphatic carboxylic acids is 1. The number of fused-ring (bicyclic) bond motifs is 1. The fourth-order valence-corrected chi connectivity index (χ4v) is 2.26. The molecular formula is C15H15F3N4O5. The van der Waals surface area contributed by atoms with E-state index in [-0.39, 0.29) is 22.4 Å². The normalized spacial score (nSPS) is 12.5. The van der Waals surface area contributed by atoms with Gasteiger partial charge in [-0.2, -0.15) is 13.2 Å². The standard InChI is InChI=1S/C15H15F3N4O5/c1-26-9-3-6-7(4-10(9)27-2)21-14(15(16,17)18)22-12(6)20-8(13(24)25)5-11(19)23/h3-4,8H,5H2,1-2H3,(H2,19,23)(H,24,25)(H,20,21,22). The summed E-state index contributed by atoms with van der Waals surface area (Å²) in [5, 5.41) is 11.5. The third-order valence-corrected chi connectivity index (χ3v) is 3.47. The van der Waals surface area contributed by atoms with Crippen molar-refractivity contribution in [1.82, 2.24) is 9.97 Å². The van der Waals surface area contributed by atoms with Crippen LogP contribution in [-0.4, -0.2) is 47.2 Å². The van der Waals surface area contributed by atoms with Gasteiger partial charge in [-0.15, -0.1) is 0 Å². The van der Waals surface area contributed by atoms with Gasteiger partial charge in [-0.3, -0.25) is 4.79 Å². The highest BCUT2D eigenvalue weighted by molar-refractivity contribution is 5.94. The Morgan fingerprint density at radius 1 is 1.22 bits per heavy atom. The molecule has 9 nitrogen and oxygen atoms in total. The van der Waals surface area contributed by atoms with E-state index in [2.05, 4.69) is 15.3 Å². The molecule has 1 aromatic carbocycles. The zero-order chi connectivity index (χ0) is 20.4. The predicted octanol–water partition coefficient (Wildman–Crippen LogP) is 1.41. The number of nitrogens with one attached hydrogen (secondary N) is 1. The number of methoxy groups -OCH3 is 2. The number of rotatable bonds is 7.